The van der Waals surface area contributed by atoms with Crippen LogP contribution in [0, 0.1) is 12.3 Å². The van der Waals surface area contributed by atoms with E-state index in [9.17, 15) is 0 Å². The Kier molecular flexibility index (Phi) is 4.39. The molecule has 0 aliphatic heterocycles. The van der Waals surface area contributed by atoms with E-state index in [-0.39, 0.29) is 5.54 Å². The van der Waals surface area contributed by atoms with Gasteiger partial charge in [-0.3, -0.25) is 0 Å². The molecule has 0 saturated carbocycles. The van der Waals surface area contributed by atoms with Crippen LogP contribution in [0.2, 0.25) is 0 Å². The number of terminal acetylenes is 1. The molecule has 0 bridgehead atoms. The molecule has 0 aromatic carbocycles. The highest BCUT2D eigenvalue weighted by Crippen LogP contribution is 2.17. The molecule has 0 aliphatic carbocycles. The van der Waals surface area contributed by atoms with Crippen molar-refractivity contribution in [2.45, 2.75) is 33.2 Å². The van der Waals surface area contributed by atoms with Crippen LogP contribution in [0.25, 0.3) is 0 Å². The Morgan fingerprint density at radius 3 is 2.65 bits per heavy atom. The van der Waals surface area contributed by atoms with E-state index in [0.717, 1.165) is 18.2 Å². The van der Waals surface area contributed by atoms with Crippen LogP contribution in [-0.2, 0) is 0 Å². The number of nitrogens with one attached hydrogen (secondary N) is 1. The number of hydrogen-bond acceptors (Lipinski definition) is 3. The minimum Gasteiger partial charge on any atom is -0.365 e. The maximum Gasteiger partial charge on any atom is 0.131 e. The van der Waals surface area contributed by atoms with Crippen LogP contribution in [0.1, 0.15) is 27.7 Å². The molecule has 92 valence electrons. The SMILES string of the molecule is C#CCN(CC)c1cccc(NC(C)(C)C)n1. The molecule has 0 radical (unpaired) electrons. The summed E-state index contributed by atoms with van der Waals surface area (Å²) in [6.07, 6.45) is 5.35. The summed E-state index contributed by atoms with van der Waals surface area (Å²) in [5.74, 6) is 4.45. The molecule has 3 nitrogen and oxygen atoms in total. The Morgan fingerprint density at radius 1 is 1.41 bits per heavy atom. The van der Waals surface area contributed by atoms with Gasteiger partial charge in [0, 0.05) is 12.1 Å². The van der Waals surface area contributed by atoms with Crippen LogP contribution < -0.4 is 10.2 Å². The van der Waals surface area contributed by atoms with Gasteiger partial charge in [-0.1, -0.05) is 12.0 Å². The summed E-state index contributed by atoms with van der Waals surface area (Å²) in [7, 11) is 0. The van der Waals surface area contributed by atoms with Gasteiger partial charge in [0.1, 0.15) is 11.6 Å². The molecule has 1 aromatic heterocycles. The van der Waals surface area contributed by atoms with Crippen molar-refractivity contribution in [3.63, 3.8) is 0 Å². The number of pyridine rings is 1. The molecule has 1 N–H and O–H groups in total. The van der Waals surface area contributed by atoms with Crippen LogP contribution >= 0.6 is 0 Å². The average Bonchev–Trinajstić information content (AvgIpc) is 2.24. The van der Waals surface area contributed by atoms with E-state index in [1.165, 1.54) is 0 Å². The highest BCUT2D eigenvalue weighted by atomic mass is 15.2. The summed E-state index contributed by atoms with van der Waals surface area (Å²) in [4.78, 5) is 6.63. The highest BCUT2D eigenvalue weighted by molar-refractivity contribution is 5.48. The molecular weight excluding hydrogens is 210 g/mol. The second-order valence-corrected chi connectivity index (χ2v) is 4.97. The lowest BCUT2D eigenvalue weighted by Gasteiger charge is -2.24. The fraction of sp³-hybridized carbons (Fsp3) is 0.500. The lowest BCUT2D eigenvalue weighted by atomic mass is 10.1. The van der Waals surface area contributed by atoms with E-state index < -0.39 is 0 Å². The van der Waals surface area contributed by atoms with Gasteiger partial charge in [-0.2, -0.15) is 0 Å². The van der Waals surface area contributed by atoms with Gasteiger partial charge >= 0.3 is 0 Å². The molecule has 3 heteroatoms. The van der Waals surface area contributed by atoms with Crippen molar-refractivity contribution in [1.29, 1.82) is 0 Å². The topological polar surface area (TPSA) is 28.2 Å². The molecule has 0 spiro atoms. The van der Waals surface area contributed by atoms with Gasteiger partial charge in [0.25, 0.3) is 0 Å². The van der Waals surface area contributed by atoms with Crippen molar-refractivity contribution in [1.82, 2.24) is 4.98 Å². The zero-order chi connectivity index (χ0) is 12.9. The first kappa shape index (κ1) is 13.4. The van der Waals surface area contributed by atoms with Gasteiger partial charge in [-0.05, 0) is 39.8 Å². The molecule has 0 amide bonds. The quantitative estimate of drug-likeness (QED) is 0.808. The maximum absolute atomic E-state index is 5.35. The van der Waals surface area contributed by atoms with Crippen molar-refractivity contribution in [3.8, 4) is 12.3 Å². The summed E-state index contributed by atoms with van der Waals surface area (Å²) in [5.41, 5.74) is 0.00872. The maximum atomic E-state index is 5.35. The molecular formula is C14H21N3. The Bertz CT molecular complexity index is 399. The molecule has 0 atom stereocenters. The Morgan fingerprint density at radius 2 is 2.12 bits per heavy atom. The second-order valence-electron chi connectivity index (χ2n) is 4.97. The Balaban J connectivity index is 2.89. The Labute approximate surface area is 104 Å². The van der Waals surface area contributed by atoms with Crippen molar-refractivity contribution < 1.29 is 0 Å². The van der Waals surface area contributed by atoms with Crippen LogP contribution in [0.4, 0.5) is 11.6 Å². The van der Waals surface area contributed by atoms with E-state index in [0.29, 0.717) is 6.54 Å². The minimum atomic E-state index is 0.00872. The molecule has 0 aliphatic rings. The van der Waals surface area contributed by atoms with Crippen molar-refractivity contribution in [3.05, 3.63) is 18.2 Å². The lowest BCUT2D eigenvalue weighted by Crippen LogP contribution is -2.28. The third-order valence-corrected chi connectivity index (χ3v) is 2.23. The summed E-state index contributed by atoms with van der Waals surface area (Å²) >= 11 is 0. The standard InChI is InChI=1S/C14H21N3/c1-6-11-17(7-2)13-10-8-9-12(15-13)16-14(3,4)5/h1,8-10H,7,11H2,2-5H3,(H,15,16). The van der Waals surface area contributed by atoms with Gasteiger partial charge in [-0.15, -0.1) is 6.42 Å². The molecule has 0 fully saturated rings. The molecule has 17 heavy (non-hydrogen) atoms. The van der Waals surface area contributed by atoms with Gasteiger partial charge < -0.3 is 10.2 Å². The van der Waals surface area contributed by atoms with E-state index in [4.69, 9.17) is 6.42 Å². The average molecular weight is 231 g/mol. The summed E-state index contributed by atoms with van der Waals surface area (Å²) < 4.78 is 0. The molecule has 1 rings (SSSR count). The highest BCUT2D eigenvalue weighted by Gasteiger charge is 2.11. The fourth-order valence-corrected chi connectivity index (χ4v) is 1.52. The second kappa shape index (κ2) is 5.58. The Hall–Kier alpha value is -1.69. The first-order chi connectivity index (χ1) is 7.96. The number of aromatic nitrogens is 1. The van der Waals surface area contributed by atoms with E-state index in [2.05, 4.69) is 48.8 Å². The van der Waals surface area contributed by atoms with Gasteiger partial charge in [-0.25, -0.2) is 4.98 Å². The monoisotopic (exact) mass is 231 g/mol. The van der Waals surface area contributed by atoms with Crippen molar-refractivity contribution in [2.75, 3.05) is 23.3 Å². The van der Waals surface area contributed by atoms with Gasteiger partial charge in [0.15, 0.2) is 0 Å². The van der Waals surface area contributed by atoms with Crippen LogP contribution in [0.3, 0.4) is 0 Å². The van der Waals surface area contributed by atoms with Crippen LogP contribution in [0.5, 0.6) is 0 Å². The third kappa shape index (κ3) is 4.36. The van der Waals surface area contributed by atoms with E-state index >= 15 is 0 Å². The smallest absolute Gasteiger partial charge is 0.131 e. The molecule has 1 heterocycles. The number of rotatable bonds is 4. The third-order valence-electron chi connectivity index (χ3n) is 2.23. The predicted octanol–water partition coefficient (Wildman–Crippen LogP) is 2.75. The summed E-state index contributed by atoms with van der Waals surface area (Å²) in [6, 6.07) is 5.95. The lowest BCUT2D eigenvalue weighted by molar-refractivity contribution is 0.630. The van der Waals surface area contributed by atoms with Crippen LogP contribution in [-0.4, -0.2) is 23.6 Å². The zero-order valence-corrected chi connectivity index (χ0v) is 11.1. The first-order valence-corrected chi connectivity index (χ1v) is 5.90. The molecule has 1 aromatic rings. The summed E-state index contributed by atoms with van der Waals surface area (Å²) in [6.45, 7) is 9.85. The normalized spacial score (nSPS) is 10.8. The van der Waals surface area contributed by atoms with E-state index in [1.807, 2.05) is 18.2 Å². The number of nitrogens with zero attached hydrogens (tertiary/aromatic N) is 2. The fourth-order valence-electron chi connectivity index (χ4n) is 1.52. The number of anilines is 2. The number of hydrogen-bond donors (Lipinski definition) is 1. The van der Waals surface area contributed by atoms with Crippen molar-refractivity contribution in [2.24, 2.45) is 0 Å². The summed E-state index contributed by atoms with van der Waals surface area (Å²) in [5, 5.41) is 3.35. The molecule has 0 saturated heterocycles. The largest absolute Gasteiger partial charge is 0.365 e. The zero-order valence-electron chi connectivity index (χ0n) is 11.1. The van der Waals surface area contributed by atoms with Crippen molar-refractivity contribution >= 4 is 11.6 Å². The van der Waals surface area contributed by atoms with Crippen LogP contribution in [0.15, 0.2) is 18.2 Å². The predicted molar refractivity (Wildman–Crippen MR) is 74.3 cm³/mol. The molecule has 0 unspecified atom stereocenters. The van der Waals surface area contributed by atoms with Gasteiger partial charge in [0.2, 0.25) is 0 Å². The first-order valence-electron chi connectivity index (χ1n) is 5.90. The minimum absolute atomic E-state index is 0.00872. The van der Waals surface area contributed by atoms with Gasteiger partial charge in [0.05, 0.1) is 6.54 Å². The van der Waals surface area contributed by atoms with E-state index in [1.54, 1.807) is 0 Å².